The van der Waals surface area contributed by atoms with Crippen LogP contribution in [0.5, 0.6) is 11.5 Å². The molecule has 2 aromatic carbocycles. The topological polar surface area (TPSA) is 57.2 Å². The number of rotatable bonds is 8. The zero-order valence-electron chi connectivity index (χ0n) is 22.9. The molecule has 2 unspecified atom stereocenters. The zero-order valence-corrected chi connectivity index (χ0v) is 22.9. The van der Waals surface area contributed by atoms with Crippen LogP contribution < -0.4 is 9.47 Å². The van der Waals surface area contributed by atoms with Gasteiger partial charge < -0.3 is 18.9 Å². The maximum Gasteiger partial charge on any atom is 0.312 e. The molecule has 6 atom stereocenters. The lowest BCUT2D eigenvalue weighted by atomic mass is 9.37. The summed E-state index contributed by atoms with van der Waals surface area (Å²) in [5.41, 5.74) is 2.48. The highest BCUT2D eigenvalue weighted by atomic mass is 16.6. The molecule has 1 saturated heterocycles. The summed E-state index contributed by atoms with van der Waals surface area (Å²) in [5, 5.41) is 0. The minimum Gasteiger partial charge on any atom is -0.485 e. The Kier molecular flexibility index (Phi) is 5.13. The highest BCUT2D eigenvalue weighted by Crippen LogP contribution is 2.74. The van der Waals surface area contributed by atoms with Crippen LogP contribution in [0.15, 0.2) is 54.6 Å². The number of methoxy groups -OCH3 is 1. The molecule has 0 amide bonds. The van der Waals surface area contributed by atoms with Crippen LogP contribution in [0.3, 0.4) is 0 Å². The number of esters is 1. The summed E-state index contributed by atoms with van der Waals surface area (Å²) in [5.74, 6) is 1.89. The van der Waals surface area contributed by atoms with Crippen LogP contribution in [0.25, 0.3) is 0 Å². The predicted molar refractivity (Wildman–Crippen MR) is 146 cm³/mol. The molecule has 0 radical (unpaired) electrons. The third-order valence-electron chi connectivity index (χ3n) is 10.9. The minimum atomic E-state index is -0.873. The van der Waals surface area contributed by atoms with Crippen LogP contribution in [-0.4, -0.2) is 55.4 Å². The quantitative estimate of drug-likeness (QED) is 0.362. The smallest absolute Gasteiger partial charge is 0.312 e. The van der Waals surface area contributed by atoms with Gasteiger partial charge in [-0.25, -0.2) is 0 Å². The number of piperidine rings is 1. The van der Waals surface area contributed by atoms with Crippen molar-refractivity contribution in [2.45, 2.75) is 68.8 Å². The van der Waals surface area contributed by atoms with Gasteiger partial charge in [-0.1, -0.05) is 48.6 Å². The molecule has 39 heavy (non-hydrogen) atoms. The highest BCUT2D eigenvalue weighted by molar-refractivity contribution is 5.78. The molecule has 2 heterocycles. The summed E-state index contributed by atoms with van der Waals surface area (Å²) in [4.78, 5) is 16.3. The van der Waals surface area contributed by atoms with Crippen molar-refractivity contribution in [3.8, 4) is 11.5 Å². The SMILES string of the molecule is CCOC(=O)[C@H]1C[C@@]23C=CC1(OC)C1Oc4c(OCc5ccccc5)ccc5c4[C@@]12CCN(CC1CC1)[C@H]3C5. The lowest BCUT2D eigenvalue weighted by Crippen LogP contribution is -2.80. The van der Waals surface area contributed by atoms with Gasteiger partial charge in [-0.3, -0.25) is 9.69 Å². The first-order valence-electron chi connectivity index (χ1n) is 14.7. The second-order valence-electron chi connectivity index (χ2n) is 12.5. The summed E-state index contributed by atoms with van der Waals surface area (Å²) >= 11 is 0. The van der Waals surface area contributed by atoms with Gasteiger partial charge in [0.25, 0.3) is 0 Å². The van der Waals surface area contributed by atoms with Gasteiger partial charge in [0, 0.05) is 30.7 Å². The maximum absolute atomic E-state index is 13.6. The molecule has 6 nitrogen and oxygen atoms in total. The molecule has 7 aliphatic rings. The first-order chi connectivity index (χ1) is 19.1. The van der Waals surface area contributed by atoms with E-state index in [1.807, 2.05) is 25.1 Å². The lowest BCUT2D eigenvalue weighted by Gasteiger charge is -2.70. The standard InChI is InChI=1S/C33H37NO5/c1-3-37-29(35)24-18-31-13-14-33(24,36-2)30-32(31)15-16-34(19-21-9-10-21)26(31)17-23-11-12-25(28(39-30)27(23)32)38-20-22-7-5-4-6-8-22/h4-8,11-14,21,24,26,30H,3,9-10,15-20H2,1-2H3/t24-,26+,30?,31-,32+,33?/m1/s1. The van der Waals surface area contributed by atoms with E-state index in [1.54, 1.807) is 7.11 Å². The fourth-order valence-electron chi connectivity index (χ4n) is 9.13. The van der Waals surface area contributed by atoms with E-state index in [0.29, 0.717) is 19.3 Å². The molecule has 9 rings (SSSR count). The van der Waals surface area contributed by atoms with Crippen molar-refractivity contribution in [3.05, 3.63) is 71.3 Å². The number of carbonyl (C=O) groups is 1. The Morgan fingerprint density at radius 2 is 1.97 bits per heavy atom. The number of carbonyl (C=O) groups excluding carboxylic acids is 1. The summed E-state index contributed by atoms with van der Waals surface area (Å²) in [6, 6.07) is 15.0. The number of ether oxygens (including phenoxy) is 4. The third-order valence-corrected chi connectivity index (χ3v) is 10.9. The van der Waals surface area contributed by atoms with E-state index in [4.69, 9.17) is 18.9 Å². The summed E-state index contributed by atoms with van der Waals surface area (Å²) in [6.45, 7) is 4.93. The van der Waals surface area contributed by atoms with Crippen LogP contribution >= 0.6 is 0 Å². The van der Waals surface area contributed by atoms with Crippen molar-refractivity contribution in [3.63, 3.8) is 0 Å². The Bertz CT molecular complexity index is 1350. The second-order valence-corrected chi connectivity index (χ2v) is 12.5. The number of nitrogens with zero attached hydrogens (tertiary/aromatic N) is 1. The molecule has 0 N–H and O–H groups in total. The second kappa shape index (κ2) is 8.34. The molecule has 2 spiro atoms. The number of hydrogen-bond acceptors (Lipinski definition) is 6. The molecule has 204 valence electrons. The first kappa shape index (κ1) is 24.0. The number of fused-ring (bicyclic) bond motifs is 1. The largest absolute Gasteiger partial charge is 0.485 e. The van der Waals surface area contributed by atoms with E-state index >= 15 is 0 Å². The van der Waals surface area contributed by atoms with E-state index in [9.17, 15) is 4.79 Å². The van der Waals surface area contributed by atoms with Crippen LogP contribution in [0, 0.1) is 17.3 Å². The van der Waals surface area contributed by atoms with Crippen molar-refractivity contribution in [1.29, 1.82) is 0 Å². The average molecular weight is 528 g/mol. The average Bonchev–Trinajstić information content (AvgIpc) is 3.71. The van der Waals surface area contributed by atoms with Gasteiger partial charge in [-0.2, -0.15) is 0 Å². The van der Waals surface area contributed by atoms with E-state index in [2.05, 4.69) is 41.3 Å². The van der Waals surface area contributed by atoms with Crippen LogP contribution in [-0.2, 0) is 32.7 Å². The van der Waals surface area contributed by atoms with Gasteiger partial charge in [0.1, 0.15) is 18.3 Å². The number of hydrogen-bond donors (Lipinski definition) is 0. The van der Waals surface area contributed by atoms with Crippen molar-refractivity contribution < 1.29 is 23.7 Å². The van der Waals surface area contributed by atoms with Crippen molar-refractivity contribution >= 4 is 5.97 Å². The Morgan fingerprint density at radius 3 is 2.74 bits per heavy atom. The number of likely N-dealkylation sites (tertiary alicyclic amines) is 1. The van der Waals surface area contributed by atoms with Crippen molar-refractivity contribution in [2.75, 3.05) is 26.8 Å². The number of benzene rings is 2. The van der Waals surface area contributed by atoms with Crippen LogP contribution in [0.4, 0.5) is 0 Å². The molecule has 4 bridgehead atoms. The molecular formula is C33H37NO5. The van der Waals surface area contributed by atoms with Gasteiger partial charge in [-0.05, 0) is 68.7 Å². The molecule has 2 saturated carbocycles. The van der Waals surface area contributed by atoms with Crippen molar-refractivity contribution in [2.24, 2.45) is 17.3 Å². The minimum absolute atomic E-state index is 0.171. The fourth-order valence-corrected chi connectivity index (χ4v) is 9.13. The molecule has 2 aliphatic heterocycles. The van der Waals surface area contributed by atoms with Gasteiger partial charge in [0.05, 0.1) is 17.9 Å². The highest BCUT2D eigenvalue weighted by Gasteiger charge is 2.80. The normalized spacial score (nSPS) is 36.8. The zero-order chi connectivity index (χ0) is 26.4. The maximum atomic E-state index is 13.6. The fraction of sp³-hybridized carbons (Fsp3) is 0.545. The van der Waals surface area contributed by atoms with E-state index in [0.717, 1.165) is 55.3 Å². The van der Waals surface area contributed by atoms with E-state index in [-0.39, 0.29) is 22.9 Å². The molecule has 2 aromatic rings. The van der Waals surface area contributed by atoms with Gasteiger partial charge in [-0.15, -0.1) is 0 Å². The van der Waals surface area contributed by atoms with Crippen LogP contribution in [0.1, 0.15) is 49.3 Å². The lowest BCUT2D eigenvalue weighted by molar-refractivity contribution is -0.223. The van der Waals surface area contributed by atoms with Crippen LogP contribution in [0.2, 0.25) is 0 Å². The van der Waals surface area contributed by atoms with Gasteiger partial charge in [0.15, 0.2) is 11.5 Å². The molecule has 6 heteroatoms. The summed E-state index contributed by atoms with van der Waals surface area (Å²) in [7, 11) is 1.73. The third kappa shape index (κ3) is 3.02. The Labute approximate surface area is 230 Å². The van der Waals surface area contributed by atoms with Gasteiger partial charge in [0.2, 0.25) is 0 Å². The molecule has 3 fully saturated rings. The Balaban J connectivity index is 1.28. The summed E-state index contributed by atoms with van der Waals surface area (Å²) < 4.78 is 25.6. The first-order valence-corrected chi connectivity index (χ1v) is 14.7. The Morgan fingerprint density at radius 1 is 1.13 bits per heavy atom. The monoisotopic (exact) mass is 527 g/mol. The molecule has 5 aliphatic carbocycles. The van der Waals surface area contributed by atoms with Gasteiger partial charge >= 0.3 is 5.97 Å². The van der Waals surface area contributed by atoms with E-state index in [1.165, 1.54) is 24.0 Å². The summed E-state index contributed by atoms with van der Waals surface area (Å²) in [6.07, 6.45) is 9.68. The predicted octanol–water partition coefficient (Wildman–Crippen LogP) is 4.83. The Hall–Kier alpha value is -2.83. The molecule has 0 aromatic heterocycles. The molecular weight excluding hydrogens is 490 g/mol. The van der Waals surface area contributed by atoms with Crippen molar-refractivity contribution in [1.82, 2.24) is 4.90 Å². The van der Waals surface area contributed by atoms with E-state index < -0.39 is 11.5 Å².